The zero-order valence-electron chi connectivity index (χ0n) is 9.43. The molecule has 17 heavy (non-hydrogen) atoms. The summed E-state index contributed by atoms with van der Waals surface area (Å²) in [5.74, 6) is 0. The fraction of sp³-hybridized carbons (Fsp3) is 0.231. The van der Waals surface area contributed by atoms with Crippen molar-refractivity contribution in [2.24, 2.45) is 0 Å². The topological polar surface area (TPSA) is 45.4 Å². The minimum Gasteiger partial charge on any atom is -0.472 e. The van der Waals surface area contributed by atoms with Crippen molar-refractivity contribution in [3.63, 3.8) is 0 Å². The van der Waals surface area contributed by atoms with Crippen LogP contribution >= 0.6 is 12.4 Å². The van der Waals surface area contributed by atoms with Gasteiger partial charge in [0.1, 0.15) is 0 Å². The average molecular weight is 254 g/mol. The van der Waals surface area contributed by atoms with E-state index in [9.17, 15) is 0 Å². The van der Waals surface area contributed by atoms with Gasteiger partial charge in [-0.05, 0) is 17.2 Å². The highest BCUT2D eigenvalue weighted by atomic mass is 35.5. The smallest absolute Gasteiger partial charge is 0.0947 e. The van der Waals surface area contributed by atoms with Gasteiger partial charge in [0.15, 0.2) is 0 Å². The van der Waals surface area contributed by atoms with Crippen LogP contribution in [0.5, 0.6) is 0 Å². The maximum Gasteiger partial charge on any atom is 0.0947 e. The van der Waals surface area contributed by atoms with Crippen molar-refractivity contribution in [1.82, 2.24) is 5.32 Å². The van der Waals surface area contributed by atoms with Gasteiger partial charge in [-0.3, -0.25) is 0 Å². The van der Waals surface area contributed by atoms with E-state index in [0.29, 0.717) is 0 Å². The first-order chi connectivity index (χ1) is 7.90. The Bertz CT molecular complexity index is 429. The van der Waals surface area contributed by atoms with E-state index in [-0.39, 0.29) is 19.0 Å². The third-order valence-corrected chi connectivity index (χ3v) is 2.51. The fourth-order valence-corrected chi connectivity index (χ4v) is 1.62. The third kappa shape index (κ3) is 3.89. The van der Waals surface area contributed by atoms with Gasteiger partial charge in [-0.25, -0.2) is 0 Å². The molecule has 2 aromatic rings. The molecule has 0 aliphatic carbocycles. The maximum absolute atomic E-state index is 9.16. The summed E-state index contributed by atoms with van der Waals surface area (Å²) >= 11 is 0. The van der Waals surface area contributed by atoms with Crippen LogP contribution in [0.3, 0.4) is 0 Å². The molecular formula is C13H16ClNO2. The Morgan fingerprint density at radius 3 is 2.47 bits per heavy atom. The number of nitrogens with one attached hydrogen (secondary N) is 1. The summed E-state index contributed by atoms with van der Waals surface area (Å²) in [5.41, 5.74) is 3.23. The van der Waals surface area contributed by atoms with Gasteiger partial charge in [0.05, 0.1) is 19.1 Å². The lowest BCUT2D eigenvalue weighted by Crippen LogP contribution is -2.13. The first-order valence-electron chi connectivity index (χ1n) is 5.29. The molecule has 1 heterocycles. The minimum absolute atomic E-state index is 0. The van der Waals surface area contributed by atoms with E-state index in [0.717, 1.165) is 29.8 Å². The molecule has 0 aliphatic heterocycles. The predicted octanol–water partition coefficient (Wildman–Crippen LogP) is 2.48. The van der Waals surface area contributed by atoms with Crippen LogP contribution in [0.1, 0.15) is 16.7 Å². The van der Waals surface area contributed by atoms with Gasteiger partial charge in [-0.1, -0.05) is 24.3 Å². The molecule has 0 radical (unpaired) electrons. The summed E-state index contributed by atoms with van der Waals surface area (Å²) in [6, 6.07) is 9.81. The van der Waals surface area contributed by atoms with Gasteiger partial charge in [0.2, 0.25) is 0 Å². The number of rotatable bonds is 5. The lowest BCUT2D eigenvalue weighted by Gasteiger charge is -2.07. The van der Waals surface area contributed by atoms with Crippen molar-refractivity contribution in [3.05, 3.63) is 59.5 Å². The Balaban J connectivity index is 0.00000144. The average Bonchev–Trinajstić information content (AvgIpc) is 2.83. The number of halogens is 1. The normalized spacial score (nSPS) is 9.94. The molecule has 3 nitrogen and oxygen atoms in total. The van der Waals surface area contributed by atoms with Crippen LogP contribution in [0.4, 0.5) is 0 Å². The number of hydrogen-bond acceptors (Lipinski definition) is 3. The molecule has 0 aliphatic rings. The Morgan fingerprint density at radius 1 is 1.06 bits per heavy atom. The summed E-state index contributed by atoms with van der Waals surface area (Å²) in [6.45, 7) is 1.61. The van der Waals surface area contributed by atoms with E-state index in [2.05, 4.69) is 5.32 Å². The van der Waals surface area contributed by atoms with Crippen LogP contribution in [0, 0.1) is 0 Å². The van der Waals surface area contributed by atoms with E-state index in [1.807, 2.05) is 30.3 Å². The van der Waals surface area contributed by atoms with Crippen LogP contribution in [0.25, 0.3) is 0 Å². The van der Waals surface area contributed by atoms with Gasteiger partial charge in [0.25, 0.3) is 0 Å². The summed E-state index contributed by atoms with van der Waals surface area (Å²) in [4.78, 5) is 0. The monoisotopic (exact) mass is 253 g/mol. The highest BCUT2D eigenvalue weighted by molar-refractivity contribution is 5.85. The van der Waals surface area contributed by atoms with E-state index in [1.165, 1.54) is 0 Å². The molecule has 0 fully saturated rings. The minimum atomic E-state index is 0. The van der Waals surface area contributed by atoms with Crippen molar-refractivity contribution in [1.29, 1.82) is 0 Å². The van der Waals surface area contributed by atoms with Crippen LogP contribution in [0.15, 0.2) is 47.3 Å². The largest absolute Gasteiger partial charge is 0.472 e. The van der Waals surface area contributed by atoms with E-state index >= 15 is 0 Å². The molecule has 1 aromatic heterocycles. The van der Waals surface area contributed by atoms with Crippen molar-refractivity contribution in [3.8, 4) is 0 Å². The molecule has 1 aromatic carbocycles. The molecule has 2 N–H and O–H groups in total. The van der Waals surface area contributed by atoms with E-state index < -0.39 is 0 Å². The number of benzene rings is 1. The van der Waals surface area contributed by atoms with Crippen LogP contribution in [-0.2, 0) is 19.7 Å². The van der Waals surface area contributed by atoms with Crippen LogP contribution in [-0.4, -0.2) is 5.11 Å². The van der Waals surface area contributed by atoms with Crippen molar-refractivity contribution in [2.45, 2.75) is 19.7 Å². The number of hydrogen-bond donors (Lipinski definition) is 2. The van der Waals surface area contributed by atoms with Gasteiger partial charge >= 0.3 is 0 Å². The highest BCUT2D eigenvalue weighted by Crippen LogP contribution is 2.08. The zero-order valence-corrected chi connectivity index (χ0v) is 10.2. The lowest BCUT2D eigenvalue weighted by molar-refractivity contribution is 0.280. The molecule has 0 saturated heterocycles. The van der Waals surface area contributed by atoms with Crippen molar-refractivity contribution >= 4 is 12.4 Å². The number of aliphatic hydroxyl groups excluding tert-OH is 1. The quantitative estimate of drug-likeness (QED) is 0.861. The third-order valence-electron chi connectivity index (χ3n) is 2.51. The molecule has 0 bridgehead atoms. The molecule has 0 amide bonds. The van der Waals surface area contributed by atoms with Crippen LogP contribution < -0.4 is 5.32 Å². The van der Waals surface area contributed by atoms with Gasteiger partial charge < -0.3 is 14.8 Å². The van der Waals surface area contributed by atoms with E-state index in [4.69, 9.17) is 9.52 Å². The molecular weight excluding hydrogens is 238 g/mol. The Hall–Kier alpha value is -1.29. The summed E-state index contributed by atoms with van der Waals surface area (Å²) in [5, 5.41) is 12.5. The summed E-state index contributed by atoms with van der Waals surface area (Å²) < 4.78 is 4.98. The Morgan fingerprint density at radius 2 is 1.82 bits per heavy atom. The lowest BCUT2D eigenvalue weighted by atomic mass is 10.1. The number of furan rings is 1. The second kappa shape index (κ2) is 7.12. The fourth-order valence-electron chi connectivity index (χ4n) is 1.62. The SMILES string of the molecule is Cl.OCc1ccccc1CNCc1ccoc1. The first kappa shape index (κ1) is 13.8. The standard InChI is InChI=1S/C13H15NO2.ClH/c15-9-13-4-2-1-3-12(13)8-14-7-11-5-6-16-10-11;/h1-6,10,14-15H,7-9H2;1H. The molecule has 0 unspecified atom stereocenters. The molecule has 0 saturated carbocycles. The van der Waals surface area contributed by atoms with Crippen molar-refractivity contribution in [2.75, 3.05) is 0 Å². The molecule has 92 valence electrons. The second-order valence-electron chi connectivity index (χ2n) is 3.66. The van der Waals surface area contributed by atoms with Crippen LogP contribution in [0.2, 0.25) is 0 Å². The molecule has 4 heteroatoms. The van der Waals surface area contributed by atoms with Gasteiger partial charge in [0, 0.05) is 18.7 Å². The Kier molecular flexibility index (Phi) is 5.77. The summed E-state index contributed by atoms with van der Waals surface area (Å²) in [7, 11) is 0. The predicted molar refractivity (Wildman–Crippen MR) is 68.9 cm³/mol. The first-order valence-corrected chi connectivity index (χ1v) is 5.29. The van der Waals surface area contributed by atoms with Gasteiger partial charge in [-0.2, -0.15) is 0 Å². The van der Waals surface area contributed by atoms with Crippen molar-refractivity contribution < 1.29 is 9.52 Å². The molecule has 0 atom stereocenters. The zero-order chi connectivity index (χ0) is 11.2. The second-order valence-corrected chi connectivity index (χ2v) is 3.66. The highest BCUT2D eigenvalue weighted by Gasteiger charge is 2.00. The molecule has 0 spiro atoms. The van der Waals surface area contributed by atoms with Gasteiger partial charge in [-0.15, -0.1) is 12.4 Å². The Labute approximate surface area is 107 Å². The van der Waals surface area contributed by atoms with E-state index in [1.54, 1.807) is 12.5 Å². The maximum atomic E-state index is 9.16. The number of aliphatic hydroxyl groups is 1. The molecule has 2 rings (SSSR count). The summed E-state index contributed by atoms with van der Waals surface area (Å²) in [6.07, 6.45) is 3.39.